The monoisotopic (exact) mass is 269 g/mol. The molecule has 0 aliphatic heterocycles. The van der Waals surface area contributed by atoms with Crippen LogP contribution in [0.5, 0.6) is 0 Å². The zero-order valence-corrected chi connectivity index (χ0v) is 12.8. The minimum atomic E-state index is 0.671. The lowest BCUT2D eigenvalue weighted by atomic mass is 9.83. The molecule has 106 valence electrons. The van der Waals surface area contributed by atoms with Crippen LogP contribution in [-0.2, 0) is 12.8 Å². The van der Waals surface area contributed by atoms with Crippen molar-refractivity contribution in [2.45, 2.75) is 39.2 Å². The number of fused-ring (bicyclic) bond motifs is 1. The number of hydrogen-bond acceptors (Lipinski definition) is 2. The van der Waals surface area contributed by atoms with Crippen molar-refractivity contribution in [1.82, 2.24) is 15.1 Å². The Morgan fingerprint density at radius 1 is 1.25 bits per heavy atom. The van der Waals surface area contributed by atoms with Crippen LogP contribution < -0.4 is 0 Å². The van der Waals surface area contributed by atoms with Gasteiger partial charge in [-0.1, -0.05) is 18.2 Å². The number of aryl methyl sites for hydroxylation is 2. The maximum atomic E-state index is 4.35. The molecule has 1 N–H and O–H groups in total. The number of benzene rings is 1. The Balaban J connectivity index is 2.06. The highest BCUT2D eigenvalue weighted by molar-refractivity contribution is 5.73. The molecule has 0 fully saturated rings. The van der Waals surface area contributed by atoms with Crippen LogP contribution in [0, 0.1) is 13.8 Å². The zero-order chi connectivity index (χ0) is 14.3. The first kappa shape index (κ1) is 13.4. The largest absolute Gasteiger partial charge is 0.306 e. The minimum absolute atomic E-state index is 0.671. The van der Waals surface area contributed by atoms with E-state index in [4.69, 9.17) is 0 Å². The quantitative estimate of drug-likeness (QED) is 0.908. The molecule has 2 aromatic rings. The van der Waals surface area contributed by atoms with Gasteiger partial charge in [-0.2, -0.15) is 5.10 Å². The van der Waals surface area contributed by atoms with Gasteiger partial charge < -0.3 is 4.90 Å². The van der Waals surface area contributed by atoms with Crippen LogP contribution in [0.15, 0.2) is 18.2 Å². The Bertz CT molecular complexity index is 606. The molecule has 3 heteroatoms. The lowest BCUT2D eigenvalue weighted by Gasteiger charge is -2.31. The van der Waals surface area contributed by atoms with Crippen molar-refractivity contribution in [3.05, 3.63) is 40.7 Å². The normalized spacial score (nSPS) is 18.4. The molecule has 1 aromatic heterocycles. The molecule has 1 heterocycles. The summed E-state index contributed by atoms with van der Waals surface area (Å²) in [5, 5.41) is 7.46. The molecule has 0 amide bonds. The Kier molecular flexibility index (Phi) is 3.38. The predicted molar refractivity (Wildman–Crippen MR) is 83.0 cm³/mol. The van der Waals surface area contributed by atoms with Gasteiger partial charge in [0.1, 0.15) is 0 Å². The van der Waals surface area contributed by atoms with Crippen LogP contribution in [0.2, 0.25) is 0 Å². The number of aromatic amines is 1. The van der Waals surface area contributed by atoms with Gasteiger partial charge in [-0.05, 0) is 63.9 Å². The third-order valence-electron chi connectivity index (χ3n) is 4.58. The Morgan fingerprint density at radius 3 is 2.70 bits per heavy atom. The molecule has 1 aliphatic rings. The second-order valence-corrected chi connectivity index (χ2v) is 6.11. The molecule has 0 bridgehead atoms. The van der Waals surface area contributed by atoms with Gasteiger partial charge in [0.2, 0.25) is 0 Å². The number of rotatable bonds is 2. The predicted octanol–water partition coefficient (Wildman–Crippen LogP) is 3.11. The van der Waals surface area contributed by atoms with E-state index in [1.54, 1.807) is 0 Å². The SMILES string of the molecule is Cc1n[nH]c(C)c1-c1cccc2c1CCC(N(C)C)C2. The summed E-state index contributed by atoms with van der Waals surface area (Å²) in [6, 6.07) is 7.40. The van der Waals surface area contributed by atoms with E-state index < -0.39 is 0 Å². The third-order valence-corrected chi connectivity index (χ3v) is 4.58. The molecular formula is C17H23N3. The van der Waals surface area contributed by atoms with Gasteiger partial charge in [0.05, 0.1) is 5.69 Å². The Morgan fingerprint density at radius 2 is 2.05 bits per heavy atom. The minimum Gasteiger partial charge on any atom is -0.306 e. The first-order valence-corrected chi connectivity index (χ1v) is 7.37. The molecule has 1 unspecified atom stereocenters. The maximum Gasteiger partial charge on any atom is 0.0672 e. The number of hydrogen-bond donors (Lipinski definition) is 1. The van der Waals surface area contributed by atoms with Gasteiger partial charge in [-0.15, -0.1) is 0 Å². The summed E-state index contributed by atoms with van der Waals surface area (Å²) < 4.78 is 0. The molecule has 0 saturated carbocycles. The Labute approximate surface area is 121 Å². The van der Waals surface area contributed by atoms with Gasteiger partial charge in [-0.25, -0.2) is 0 Å². The highest BCUT2D eigenvalue weighted by Crippen LogP contribution is 2.34. The first-order chi connectivity index (χ1) is 9.58. The fraction of sp³-hybridized carbons (Fsp3) is 0.471. The van der Waals surface area contributed by atoms with E-state index in [0.717, 1.165) is 12.1 Å². The van der Waals surface area contributed by atoms with E-state index in [2.05, 4.69) is 61.2 Å². The standard InChI is InChI=1S/C17H23N3/c1-11-17(12(2)19-18-11)16-7-5-6-13-10-14(20(3)4)8-9-15(13)16/h5-7,14H,8-10H2,1-4H3,(H,18,19). The number of likely N-dealkylation sites (N-methyl/N-ethyl adjacent to an activating group) is 1. The van der Waals surface area contributed by atoms with Crippen molar-refractivity contribution in [1.29, 1.82) is 0 Å². The average Bonchev–Trinajstić information content (AvgIpc) is 2.77. The molecule has 1 atom stereocenters. The second-order valence-electron chi connectivity index (χ2n) is 6.11. The molecule has 3 nitrogen and oxygen atoms in total. The second kappa shape index (κ2) is 5.06. The summed E-state index contributed by atoms with van der Waals surface area (Å²) in [7, 11) is 4.37. The van der Waals surface area contributed by atoms with Crippen molar-refractivity contribution >= 4 is 0 Å². The highest BCUT2D eigenvalue weighted by Gasteiger charge is 2.23. The van der Waals surface area contributed by atoms with Gasteiger partial charge in [0, 0.05) is 17.3 Å². The van der Waals surface area contributed by atoms with Crippen LogP contribution >= 0.6 is 0 Å². The summed E-state index contributed by atoms with van der Waals surface area (Å²) >= 11 is 0. The zero-order valence-electron chi connectivity index (χ0n) is 12.8. The van der Waals surface area contributed by atoms with E-state index in [1.165, 1.54) is 40.8 Å². The number of H-pyrrole nitrogens is 1. The maximum absolute atomic E-state index is 4.35. The van der Waals surface area contributed by atoms with Crippen LogP contribution in [0.1, 0.15) is 28.9 Å². The van der Waals surface area contributed by atoms with Gasteiger partial charge in [-0.3, -0.25) is 5.10 Å². The summed E-state index contributed by atoms with van der Waals surface area (Å²) in [6.45, 7) is 4.20. The average molecular weight is 269 g/mol. The van der Waals surface area contributed by atoms with E-state index in [9.17, 15) is 0 Å². The van der Waals surface area contributed by atoms with Crippen molar-refractivity contribution in [3.8, 4) is 11.1 Å². The third kappa shape index (κ3) is 2.16. The smallest absolute Gasteiger partial charge is 0.0672 e. The van der Waals surface area contributed by atoms with Crippen LogP contribution in [0.3, 0.4) is 0 Å². The Hall–Kier alpha value is -1.61. The highest BCUT2D eigenvalue weighted by atomic mass is 15.1. The van der Waals surface area contributed by atoms with Crippen molar-refractivity contribution in [2.24, 2.45) is 0 Å². The van der Waals surface area contributed by atoms with Gasteiger partial charge >= 0.3 is 0 Å². The van der Waals surface area contributed by atoms with Crippen LogP contribution in [0.25, 0.3) is 11.1 Å². The molecule has 1 aromatic carbocycles. The molecule has 1 aliphatic carbocycles. The summed E-state index contributed by atoms with van der Waals surface area (Å²) in [5.74, 6) is 0. The molecule has 3 rings (SSSR count). The summed E-state index contributed by atoms with van der Waals surface area (Å²) in [4.78, 5) is 2.35. The van der Waals surface area contributed by atoms with Crippen molar-refractivity contribution < 1.29 is 0 Å². The van der Waals surface area contributed by atoms with E-state index in [-0.39, 0.29) is 0 Å². The number of nitrogens with zero attached hydrogens (tertiary/aromatic N) is 2. The van der Waals surface area contributed by atoms with Crippen LogP contribution in [0.4, 0.5) is 0 Å². The van der Waals surface area contributed by atoms with Gasteiger partial charge in [0.15, 0.2) is 0 Å². The lowest BCUT2D eigenvalue weighted by molar-refractivity contribution is 0.268. The fourth-order valence-corrected chi connectivity index (χ4v) is 3.41. The molecule has 20 heavy (non-hydrogen) atoms. The van der Waals surface area contributed by atoms with Crippen molar-refractivity contribution in [2.75, 3.05) is 14.1 Å². The first-order valence-electron chi connectivity index (χ1n) is 7.37. The molecule has 0 radical (unpaired) electrons. The van der Waals surface area contributed by atoms with E-state index in [0.29, 0.717) is 6.04 Å². The van der Waals surface area contributed by atoms with E-state index >= 15 is 0 Å². The van der Waals surface area contributed by atoms with E-state index in [1.807, 2.05) is 0 Å². The summed E-state index contributed by atoms with van der Waals surface area (Å²) in [6.07, 6.45) is 3.57. The fourth-order valence-electron chi connectivity index (χ4n) is 3.41. The molecule has 0 saturated heterocycles. The topological polar surface area (TPSA) is 31.9 Å². The number of aromatic nitrogens is 2. The van der Waals surface area contributed by atoms with Crippen molar-refractivity contribution in [3.63, 3.8) is 0 Å². The molecular weight excluding hydrogens is 246 g/mol. The lowest BCUT2D eigenvalue weighted by Crippen LogP contribution is -2.33. The molecule has 0 spiro atoms. The van der Waals surface area contributed by atoms with Crippen LogP contribution in [-0.4, -0.2) is 35.2 Å². The number of nitrogens with one attached hydrogen (secondary N) is 1. The van der Waals surface area contributed by atoms with Gasteiger partial charge in [0.25, 0.3) is 0 Å². The summed E-state index contributed by atoms with van der Waals surface area (Å²) in [5.41, 5.74) is 7.98.